The summed E-state index contributed by atoms with van der Waals surface area (Å²) in [6.45, 7) is 0.714. The van der Waals surface area contributed by atoms with Gasteiger partial charge in [0, 0.05) is 12.6 Å². The number of thiocarbonyl (C=S) groups is 1. The molecule has 1 aromatic carbocycles. The summed E-state index contributed by atoms with van der Waals surface area (Å²) in [4.78, 5) is -0.0195. The fourth-order valence-electron chi connectivity index (χ4n) is 1.49. The van der Waals surface area contributed by atoms with E-state index in [2.05, 4.69) is 0 Å². The van der Waals surface area contributed by atoms with Crippen LogP contribution in [0.15, 0.2) is 23.1 Å². The van der Waals surface area contributed by atoms with Crippen molar-refractivity contribution in [3.05, 3.63) is 29.3 Å². The molecular formula is C11H14F2N2O2S2. The standard InChI is InChI=1S/C11H14F2N2O2S2/c1-7-3-4-8(11(14)18)5-9(7)19(16,17)15(2)6-10(12)13/h3-5,10H,6H2,1-2H3,(H2,14,18). The fraction of sp³-hybridized carbons (Fsp3) is 0.364. The van der Waals surface area contributed by atoms with Gasteiger partial charge in [0.2, 0.25) is 10.0 Å². The highest BCUT2D eigenvalue weighted by molar-refractivity contribution is 7.89. The van der Waals surface area contributed by atoms with Crippen LogP contribution >= 0.6 is 12.2 Å². The third kappa shape index (κ3) is 3.68. The molecule has 0 saturated heterocycles. The fourth-order valence-corrected chi connectivity index (χ4v) is 3.01. The van der Waals surface area contributed by atoms with Crippen LogP contribution in [0.3, 0.4) is 0 Å². The van der Waals surface area contributed by atoms with Gasteiger partial charge >= 0.3 is 0 Å². The molecule has 0 aliphatic carbocycles. The highest BCUT2D eigenvalue weighted by Crippen LogP contribution is 2.21. The lowest BCUT2D eigenvalue weighted by Crippen LogP contribution is -2.32. The van der Waals surface area contributed by atoms with E-state index in [9.17, 15) is 17.2 Å². The molecule has 1 rings (SSSR count). The van der Waals surface area contributed by atoms with Gasteiger partial charge in [0.1, 0.15) is 4.99 Å². The number of aryl methyl sites for hydroxylation is 1. The minimum atomic E-state index is -3.98. The van der Waals surface area contributed by atoms with Gasteiger partial charge in [-0.1, -0.05) is 24.4 Å². The van der Waals surface area contributed by atoms with Gasteiger partial charge in [-0.2, -0.15) is 4.31 Å². The lowest BCUT2D eigenvalue weighted by Gasteiger charge is -2.18. The topological polar surface area (TPSA) is 63.4 Å². The molecule has 0 unspecified atom stereocenters. The summed E-state index contributed by atoms with van der Waals surface area (Å²) >= 11 is 4.77. The molecule has 0 amide bonds. The van der Waals surface area contributed by atoms with Crippen LogP contribution in [-0.4, -0.2) is 37.7 Å². The molecule has 0 radical (unpaired) electrons. The Hall–Kier alpha value is -1.12. The zero-order valence-corrected chi connectivity index (χ0v) is 12.1. The Morgan fingerprint density at radius 3 is 2.53 bits per heavy atom. The monoisotopic (exact) mass is 308 g/mol. The van der Waals surface area contributed by atoms with Crippen molar-refractivity contribution in [2.24, 2.45) is 5.73 Å². The first kappa shape index (κ1) is 15.9. The molecule has 0 heterocycles. The van der Waals surface area contributed by atoms with Gasteiger partial charge in [0.05, 0.1) is 11.4 Å². The number of hydrogen-bond acceptors (Lipinski definition) is 3. The lowest BCUT2D eigenvalue weighted by atomic mass is 10.1. The zero-order valence-electron chi connectivity index (χ0n) is 10.4. The van der Waals surface area contributed by atoms with Crippen LogP contribution in [0.25, 0.3) is 0 Å². The van der Waals surface area contributed by atoms with E-state index in [1.807, 2.05) is 0 Å². The minimum absolute atomic E-state index is 0.0490. The summed E-state index contributed by atoms with van der Waals surface area (Å²) in [7, 11) is -2.88. The molecule has 0 atom stereocenters. The van der Waals surface area contributed by atoms with Crippen LogP contribution in [0.2, 0.25) is 0 Å². The second kappa shape index (κ2) is 5.89. The van der Waals surface area contributed by atoms with Crippen LogP contribution < -0.4 is 5.73 Å². The molecule has 0 bridgehead atoms. The highest BCUT2D eigenvalue weighted by atomic mass is 32.2. The Kier molecular flexibility index (Phi) is 4.94. The molecule has 8 heteroatoms. The van der Waals surface area contributed by atoms with Crippen LogP contribution in [0.4, 0.5) is 8.78 Å². The van der Waals surface area contributed by atoms with Crippen molar-refractivity contribution in [2.75, 3.05) is 13.6 Å². The highest BCUT2D eigenvalue weighted by Gasteiger charge is 2.25. The summed E-state index contributed by atoms with van der Waals surface area (Å²) in [6, 6.07) is 4.43. The van der Waals surface area contributed by atoms with E-state index >= 15 is 0 Å². The van der Waals surface area contributed by atoms with Crippen molar-refractivity contribution >= 4 is 27.2 Å². The minimum Gasteiger partial charge on any atom is -0.389 e. The molecule has 0 saturated carbocycles. The SMILES string of the molecule is Cc1ccc(C(N)=S)cc1S(=O)(=O)N(C)CC(F)F. The molecule has 0 spiro atoms. The van der Waals surface area contributed by atoms with Gasteiger partial charge in [-0.25, -0.2) is 17.2 Å². The van der Waals surface area contributed by atoms with Gasteiger partial charge in [-0.05, 0) is 18.6 Å². The first-order valence-corrected chi connectivity index (χ1v) is 7.16. The van der Waals surface area contributed by atoms with E-state index in [0.29, 0.717) is 15.4 Å². The third-order valence-corrected chi connectivity index (χ3v) is 4.76. The Labute approximate surface area is 116 Å². The quantitative estimate of drug-likeness (QED) is 0.838. The van der Waals surface area contributed by atoms with Crippen LogP contribution in [0.1, 0.15) is 11.1 Å². The number of hydrogen-bond donors (Lipinski definition) is 1. The smallest absolute Gasteiger partial charge is 0.252 e. The van der Waals surface area contributed by atoms with Crippen molar-refractivity contribution in [3.8, 4) is 0 Å². The number of halogens is 2. The van der Waals surface area contributed by atoms with Crippen molar-refractivity contribution in [1.29, 1.82) is 0 Å². The number of alkyl halides is 2. The van der Waals surface area contributed by atoms with Gasteiger partial charge in [0.15, 0.2) is 0 Å². The van der Waals surface area contributed by atoms with Crippen molar-refractivity contribution < 1.29 is 17.2 Å². The van der Waals surface area contributed by atoms with E-state index in [1.165, 1.54) is 12.1 Å². The van der Waals surface area contributed by atoms with Crippen LogP contribution in [0.5, 0.6) is 0 Å². The molecule has 0 aromatic heterocycles. The predicted molar refractivity (Wildman–Crippen MR) is 72.9 cm³/mol. The van der Waals surface area contributed by atoms with Crippen molar-refractivity contribution in [1.82, 2.24) is 4.31 Å². The number of rotatable bonds is 5. The second-order valence-corrected chi connectivity index (χ2v) is 6.47. The van der Waals surface area contributed by atoms with Gasteiger partial charge in [-0.15, -0.1) is 0 Å². The predicted octanol–water partition coefficient (Wildman–Crippen LogP) is 1.51. The van der Waals surface area contributed by atoms with E-state index in [1.54, 1.807) is 13.0 Å². The average molecular weight is 308 g/mol. The van der Waals surface area contributed by atoms with Crippen molar-refractivity contribution in [2.45, 2.75) is 18.2 Å². The summed E-state index contributed by atoms with van der Waals surface area (Å²) in [6.07, 6.45) is -2.74. The Balaban J connectivity index is 3.28. The Morgan fingerprint density at radius 1 is 1.47 bits per heavy atom. The number of sulfonamides is 1. The largest absolute Gasteiger partial charge is 0.389 e. The van der Waals surface area contributed by atoms with Crippen molar-refractivity contribution in [3.63, 3.8) is 0 Å². The zero-order chi connectivity index (χ0) is 14.8. The molecule has 0 aliphatic rings. The van der Waals surface area contributed by atoms with E-state index in [4.69, 9.17) is 18.0 Å². The summed E-state index contributed by atoms with van der Waals surface area (Å²) in [5.41, 5.74) is 6.26. The third-order valence-electron chi connectivity index (χ3n) is 2.56. The van der Waals surface area contributed by atoms with Gasteiger partial charge < -0.3 is 5.73 Å². The molecular weight excluding hydrogens is 294 g/mol. The van der Waals surface area contributed by atoms with E-state index < -0.39 is 23.0 Å². The molecule has 4 nitrogen and oxygen atoms in total. The maximum absolute atomic E-state index is 12.3. The number of benzene rings is 1. The lowest BCUT2D eigenvalue weighted by molar-refractivity contribution is 0.126. The Morgan fingerprint density at radius 2 is 2.05 bits per heavy atom. The summed E-state index contributed by atoms with van der Waals surface area (Å²) < 4.78 is 49.5. The first-order chi connectivity index (χ1) is 8.66. The van der Waals surface area contributed by atoms with Crippen LogP contribution in [0, 0.1) is 6.92 Å². The number of nitrogens with zero attached hydrogens (tertiary/aromatic N) is 1. The van der Waals surface area contributed by atoms with E-state index in [-0.39, 0.29) is 9.88 Å². The molecule has 0 fully saturated rings. The average Bonchev–Trinajstić information content (AvgIpc) is 2.27. The normalized spacial score (nSPS) is 12.1. The van der Waals surface area contributed by atoms with Gasteiger partial charge in [-0.3, -0.25) is 0 Å². The summed E-state index contributed by atoms with van der Waals surface area (Å²) in [5, 5.41) is 0. The molecule has 0 aliphatic heterocycles. The van der Waals surface area contributed by atoms with E-state index in [0.717, 1.165) is 7.05 Å². The maximum Gasteiger partial charge on any atom is 0.252 e. The maximum atomic E-state index is 12.3. The Bertz CT molecular complexity index is 588. The molecule has 2 N–H and O–H groups in total. The summed E-state index contributed by atoms with van der Waals surface area (Å²) in [5.74, 6) is 0. The second-order valence-electron chi connectivity index (χ2n) is 4.02. The number of nitrogens with two attached hydrogens (primary N) is 1. The molecule has 106 valence electrons. The van der Waals surface area contributed by atoms with Crippen LogP contribution in [-0.2, 0) is 10.0 Å². The first-order valence-electron chi connectivity index (χ1n) is 5.31. The molecule has 1 aromatic rings. The molecule has 19 heavy (non-hydrogen) atoms. The van der Waals surface area contributed by atoms with Gasteiger partial charge in [0.25, 0.3) is 6.43 Å².